The summed E-state index contributed by atoms with van der Waals surface area (Å²) < 4.78 is 0. The van der Waals surface area contributed by atoms with Crippen LogP contribution >= 0.6 is 0 Å². The minimum Gasteiger partial charge on any atom is -0.294 e. The van der Waals surface area contributed by atoms with Gasteiger partial charge in [0.05, 0.1) is 0 Å². The van der Waals surface area contributed by atoms with E-state index in [1.54, 1.807) is 5.32 Å². The fraction of sp³-hybridized carbons (Fsp3) is 0.400. The van der Waals surface area contributed by atoms with Crippen molar-refractivity contribution in [2.75, 3.05) is 0 Å². The molecule has 2 fully saturated rings. The van der Waals surface area contributed by atoms with Gasteiger partial charge in [0.1, 0.15) is 0 Å². The van der Waals surface area contributed by atoms with Crippen molar-refractivity contribution in [3.63, 3.8) is 0 Å². The standard InChI is InChI=1S/C5H6N4O7/c10-1-4(15-13)5(16-14,8-2(11)6-1)9-3(12)7-4/h13-14H,(H2,7,9,12)(H2,6,8,10,11). The summed E-state index contributed by atoms with van der Waals surface area (Å²) in [6.07, 6.45) is 0. The van der Waals surface area contributed by atoms with Crippen LogP contribution in [0.4, 0.5) is 9.59 Å². The van der Waals surface area contributed by atoms with Crippen molar-refractivity contribution in [2.45, 2.75) is 11.6 Å². The van der Waals surface area contributed by atoms with Gasteiger partial charge in [0.15, 0.2) is 0 Å². The van der Waals surface area contributed by atoms with E-state index in [2.05, 4.69) is 9.78 Å². The Bertz CT molecular complexity index is 385. The smallest absolute Gasteiger partial charge is 0.294 e. The Morgan fingerprint density at radius 3 is 2.12 bits per heavy atom. The molecule has 5 amide bonds. The average Bonchev–Trinajstić information content (AvgIpc) is 2.52. The molecule has 11 nitrogen and oxygen atoms in total. The minimum atomic E-state index is -2.52. The lowest BCUT2D eigenvalue weighted by atomic mass is 10.1. The van der Waals surface area contributed by atoms with E-state index < -0.39 is 29.5 Å². The molecule has 0 saturated carbocycles. The Labute approximate surface area is 86.5 Å². The molecule has 2 heterocycles. The SMILES string of the molecule is O=C1NC(=O)C2(OO)NC(=O)NC2(OO)N1. The molecule has 2 unspecified atom stereocenters. The minimum absolute atomic E-state index is 1.01. The van der Waals surface area contributed by atoms with E-state index in [9.17, 15) is 14.4 Å². The van der Waals surface area contributed by atoms with Crippen LogP contribution in [0.5, 0.6) is 0 Å². The number of carbonyl (C=O) groups excluding carboxylic acids is 3. The second kappa shape index (κ2) is 3.02. The largest absolute Gasteiger partial charge is 0.326 e. The van der Waals surface area contributed by atoms with E-state index in [4.69, 9.17) is 10.5 Å². The Kier molecular flexibility index (Phi) is 1.99. The Hall–Kier alpha value is -1.95. The van der Waals surface area contributed by atoms with Gasteiger partial charge in [-0.2, -0.15) is 9.78 Å². The lowest BCUT2D eigenvalue weighted by Gasteiger charge is -2.39. The molecule has 0 aliphatic carbocycles. The number of carbonyl (C=O) groups is 3. The molecular formula is C5H6N4O7. The molecule has 0 aromatic carbocycles. The lowest BCUT2D eigenvalue weighted by Crippen LogP contribution is -2.81. The highest BCUT2D eigenvalue weighted by Crippen LogP contribution is 2.29. The summed E-state index contributed by atoms with van der Waals surface area (Å²) in [6, 6.07) is -2.07. The molecule has 2 aliphatic rings. The maximum Gasteiger partial charge on any atom is 0.326 e. The molecule has 88 valence electrons. The Morgan fingerprint density at radius 2 is 1.56 bits per heavy atom. The second-order valence-corrected chi connectivity index (χ2v) is 3.03. The van der Waals surface area contributed by atoms with Crippen molar-refractivity contribution in [1.29, 1.82) is 0 Å². The van der Waals surface area contributed by atoms with Gasteiger partial charge in [-0.05, 0) is 0 Å². The molecule has 2 atom stereocenters. The van der Waals surface area contributed by atoms with Crippen LogP contribution in [0.15, 0.2) is 0 Å². The normalized spacial score (nSPS) is 37.0. The van der Waals surface area contributed by atoms with Crippen molar-refractivity contribution in [2.24, 2.45) is 0 Å². The van der Waals surface area contributed by atoms with Gasteiger partial charge in [-0.1, -0.05) is 0 Å². The Balaban J connectivity index is 2.52. The molecule has 0 aromatic heterocycles. The van der Waals surface area contributed by atoms with Crippen LogP contribution in [0.2, 0.25) is 0 Å². The summed E-state index contributed by atoms with van der Waals surface area (Å²) in [5, 5.41) is 24.6. The number of urea groups is 2. The zero-order chi connectivity index (χ0) is 12.0. The molecule has 6 N–H and O–H groups in total. The third-order valence-corrected chi connectivity index (χ3v) is 2.19. The molecule has 0 spiro atoms. The number of hydrogen-bond acceptors (Lipinski definition) is 7. The first kappa shape index (κ1) is 10.6. The van der Waals surface area contributed by atoms with Crippen LogP contribution in [0, 0.1) is 0 Å². The topological polar surface area (TPSA) is 158 Å². The van der Waals surface area contributed by atoms with E-state index in [1.165, 1.54) is 0 Å². The highest BCUT2D eigenvalue weighted by molar-refractivity contribution is 6.06. The van der Waals surface area contributed by atoms with Gasteiger partial charge in [-0.15, -0.1) is 0 Å². The van der Waals surface area contributed by atoms with Gasteiger partial charge in [-0.25, -0.2) is 20.1 Å². The zero-order valence-corrected chi connectivity index (χ0v) is 7.44. The molecule has 0 bridgehead atoms. The molecule has 0 radical (unpaired) electrons. The molecular weight excluding hydrogens is 228 g/mol. The summed E-state index contributed by atoms with van der Waals surface area (Å²) in [6.45, 7) is 0. The van der Waals surface area contributed by atoms with Gasteiger partial charge in [-0.3, -0.25) is 26.1 Å². The van der Waals surface area contributed by atoms with E-state index in [0.29, 0.717) is 0 Å². The number of nitrogens with one attached hydrogen (secondary N) is 4. The van der Waals surface area contributed by atoms with Gasteiger partial charge in [0.25, 0.3) is 5.91 Å². The van der Waals surface area contributed by atoms with Crippen LogP contribution in [0.1, 0.15) is 0 Å². The lowest BCUT2D eigenvalue weighted by molar-refractivity contribution is -0.423. The first-order valence-corrected chi connectivity index (χ1v) is 3.89. The molecule has 16 heavy (non-hydrogen) atoms. The van der Waals surface area contributed by atoms with Crippen LogP contribution in [0.3, 0.4) is 0 Å². The highest BCUT2D eigenvalue weighted by atomic mass is 17.2. The van der Waals surface area contributed by atoms with Crippen molar-refractivity contribution in [3.8, 4) is 0 Å². The fourth-order valence-corrected chi connectivity index (χ4v) is 1.48. The highest BCUT2D eigenvalue weighted by Gasteiger charge is 2.71. The molecule has 2 rings (SSSR count). The predicted molar refractivity (Wildman–Crippen MR) is 41.2 cm³/mol. The van der Waals surface area contributed by atoms with Crippen molar-refractivity contribution < 1.29 is 34.7 Å². The second-order valence-electron chi connectivity index (χ2n) is 3.03. The third-order valence-electron chi connectivity index (χ3n) is 2.19. The molecule has 2 aliphatic heterocycles. The molecule has 2 saturated heterocycles. The van der Waals surface area contributed by atoms with Crippen molar-refractivity contribution in [1.82, 2.24) is 21.3 Å². The van der Waals surface area contributed by atoms with Crippen molar-refractivity contribution in [3.05, 3.63) is 0 Å². The molecule has 11 heteroatoms. The van der Waals surface area contributed by atoms with Crippen LogP contribution in [-0.2, 0) is 14.6 Å². The predicted octanol–water partition coefficient (Wildman–Crippen LogP) is -2.53. The summed E-state index contributed by atoms with van der Waals surface area (Å²) in [5.41, 5.74) is -2.52. The summed E-state index contributed by atoms with van der Waals surface area (Å²) >= 11 is 0. The van der Waals surface area contributed by atoms with Crippen LogP contribution < -0.4 is 21.3 Å². The van der Waals surface area contributed by atoms with E-state index in [-0.39, 0.29) is 0 Å². The first-order chi connectivity index (χ1) is 7.49. The zero-order valence-electron chi connectivity index (χ0n) is 7.44. The van der Waals surface area contributed by atoms with Crippen LogP contribution in [0.25, 0.3) is 0 Å². The molecule has 0 aromatic rings. The first-order valence-electron chi connectivity index (χ1n) is 3.89. The van der Waals surface area contributed by atoms with E-state index in [0.717, 1.165) is 0 Å². The summed E-state index contributed by atoms with van der Waals surface area (Å²) in [5.74, 6) is -3.68. The van der Waals surface area contributed by atoms with E-state index in [1.807, 2.05) is 16.0 Å². The Morgan fingerprint density at radius 1 is 0.938 bits per heavy atom. The third kappa shape index (κ3) is 1.02. The fourth-order valence-electron chi connectivity index (χ4n) is 1.48. The maximum atomic E-state index is 11.4. The quantitative estimate of drug-likeness (QED) is 0.227. The average molecular weight is 234 g/mol. The number of fused-ring (bicyclic) bond motifs is 1. The summed E-state index contributed by atoms with van der Waals surface area (Å²) in [7, 11) is 0. The van der Waals surface area contributed by atoms with Gasteiger partial charge >= 0.3 is 23.6 Å². The van der Waals surface area contributed by atoms with Gasteiger partial charge in [0, 0.05) is 0 Å². The van der Waals surface area contributed by atoms with Gasteiger partial charge in [0.2, 0.25) is 0 Å². The monoisotopic (exact) mass is 234 g/mol. The number of imide groups is 1. The number of amides is 5. The number of hydrogen-bond donors (Lipinski definition) is 6. The summed E-state index contributed by atoms with van der Waals surface area (Å²) in [4.78, 5) is 41.2. The van der Waals surface area contributed by atoms with E-state index >= 15 is 0 Å². The number of rotatable bonds is 2. The van der Waals surface area contributed by atoms with Crippen LogP contribution in [-0.4, -0.2) is 40.1 Å². The maximum absolute atomic E-state index is 11.4. The van der Waals surface area contributed by atoms with Gasteiger partial charge < -0.3 is 0 Å². The van der Waals surface area contributed by atoms with Crippen molar-refractivity contribution >= 4 is 18.0 Å².